The largest absolute Gasteiger partial charge is 0.507 e. The monoisotopic (exact) mass is 336 g/mol. The molecule has 1 aliphatic rings. The first-order valence-corrected chi connectivity index (χ1v) is 9.07. The van der Waals surface area contributed by atoms with E-state index in [4.69, 9.17) is 4.65 Å². The third kappa shape index (κ3) is 4.53. The van der Waals surface area contributed by atoms with Crippen LogP contribution in [0.3, 0.4) is 0 Å². The maximum atomic E-state index is 10.1. The molecule has 1 aliphatic heterocycles. The zero-order valence-electron chi connectivity index (χ0n) is 14.7. The normalized spacial score (nSPS) is 18.1. The number of rotatable bonds is 6. The molecule has 0 fully saturated rings. The first-order valence-electron chi connectivity index (χ1n) is 9.07. The van der Waals surface area contributed by atoms with Gasteiger partial charge in [-0.15, -0.1) is 0 Å². The van der Waals surface area contributed by atoms with Gasteiger partial charge in [0.2, 0.25) is 0 Å². The Balaban J connectivity index is 1.81. The van der Waals surface area contributed by atoms with Crippen LogP contribution in [0.25, 0.3) is 16.8 Å². The molecular formula is C21H25BO3. The van der Waals surface area contributed by atoms with Crippen molar-refractivity contribution < 1.29 is 14.8 Å². The van der Waals surface area contributed by atoms with Crippen molar-refractivity contribution in [2.45, 2.75) is 45.0 Å². The molecule has 0 radical (unpaired) electrons. The number of benzene rings is 2. The smallest absolute Gasteiger partial charge is 0.458 e. The van der Waals surface area contributed by atoms with Crippen LogP contribution in [-0.2, 0) is 4.65 Å². The highest BCUT2D eigenvalue weighted by atomic mass is 16.5. The van der Waals surface area contributed by atoms with Crippen LogP contribution in [0.4, 0.5) is 0 Å². The van der Waals surface area contributed by atoms with Crippen LogP contribution in [0.2, 0.25) is 6.32 Å². The molecule has 1 atom stereocenters. The zero-order valence-corrected chi connectivity index (χ0v) is 14.7. The molecule has 25 heavy (non-hydrogen) atoms. The van der Waals surface area contributed by atoms with E-state index in [1.807, 2.05) is 42.5 Å². The molecule has 0 amide bonds. The summed E-state index contributed by atoms with van der Waals surface area (Å²) in [4.78, 5) is 0. The lowest BCUT2D eigenvalue weighted by molar-refractivity contribution is 0.192. The number of aromatic hydroxyl groups is 1. The average Bonchev–Trinajstić information content (AvgIpc) is 2.62. The summed E-state index contributed by atoms with van der Waals surface area (Å²) in [6.45, 7) is 2.18. The molecule has 130 valence electrons. The topological polar surface area (TPSA) is 49.7 Å². The van der Waals surface area contributed by atoms with Crippen molar-refractivity contribution in [3.05, 3.63) is 59.7 Å². The lowest BCUT2D eigenvalue weighted by Crippen LogP contribution is -2.27. The van der Waals surface area contributed by atoms with Crippen molar-refractivity contribution in [1.29, 1.82) is 0 Å². The minimum Gasteiger partial charge on any atom is -0.507 e. The van der Waals surface area contributed by atoms with Crippen LogP contribution in [0, 0.1) is 0 Å². The lowest BCUT2D eigenvalue weighted by atomic mass is 9.82. The highest BCUT2D eigenvalue weighted by Crippen LogP contribution is 2.30. The standard InChI is InChI=1S/C21H25BO3/c1-2-6-16(10-12-18-7-5-14-22(24)25-18)15-17-11-13-21(23)20-9-4-3-8-19(17)20/h3-5,7-9,11,13,15,18,23-24H,2,6,10,12,14H2,1H3/b16-15+/t18-/m0/s1. The molecule has 1 heterocycles. The number of hydrogen-bond donors (Lipinski definition) is 2. The molecule has 0 unspecified atom stereocenters. The maximum Gasteiger partial charge on any atom is 0.458 e. The van der Waals surface area contributed by atoms with E-state index in [0.717, 1.165) is 42.0 Å². The third-order valence-electron chi connectivity index (χ3n) is 4.64. The molecule has 2 N–H and O–H groups in total. The van der Waals surface area contributed by atoms with Gasteiger partial charge in [0.1, 0.15) is 5.75 Å². The maximum absolute atomic E-state index is 10.1. The Kier molecular flexibility index (Phi) is 5.95. The van der Waals surface area contributed by atoms with E-state index in [9.17, 15) is 10.1 Å². The van der Waals surface area contributed by atoms with E-state index in [0.29, 0.717) is 12.1 Å². The molecule has 2 aromatic rings. The van der Waals surface area contributed by atoms with Gasteiger partial charge >= 0.3 is 7.12 Å². The van der Waals surface area contributed by atoms with E-state index < -0.39 is 7.12 Å². The Morgan fingerprint density at radius 1 is 1.20 bits per heavy atom. The molecule has 0 saturated carbocycles. The predicted molar refractivity (Wildman–Crippen MR) is 105 cm³/mol. The molecule has 0 spiro atoms. The second-order valence-electron chi connectivity index (χ2n) is 6.60. The summed E-state index contributed by atoms with van der Waals surface area (Å²) in [7, 11) is -0.672. The minimum absolute atomic E-state index is 0.0134. The summed E-state index contributed by atoms with van der Waals surface area (Å²) in [6.07, 6.45) is 10.8. The fourth-order valence-corrected chi connectivity index (χ4v) is 3.38. The van der Waals surface area contributed by atoms with Gasteiger partial charge in [-0.1, -0.05) is 67.5 Å². The van der Waals surface area contributed by atoms with Gasteiger partial charge in [-0.2, -0.15) is 0 Å². The van der Waals surface area contributed by atoms with Gasteiger partial charge in [0, 0.05) is 11.7 Å². The van der Waals surface area contributed by atoms with E-state index in [2.05, 4.69) is 13.0 Å². The third-order valence-corrected chi connectivity index (χ3v) is 4.64. The van der Waals surface area contributed by atoms with Crippen molar-refractivity contribution in [3.63, 3.8) is 0 Å². The Bertz CT molecular complexity index is 782. The van der Waals surface area contributed by atoms with Crippen molar-refractivity contribution in [1.82, 2.24) is 0 Å². The highest BCUT2D eigenvalue weighted by Gasteiger charge is 2.20. The highest BCUT2D eigenvalue weighted by molar-refractivity contribution is 6.43. The fraction of sp³-hybridized carbons (Fsp3) is 0.333. The van der Waals surface area contributed by atoms with Gasteiger partial charge < -0.3 is 14.8 Å². The summed E-state index contributed by atoms with van der Waals surface area (Å²) in [5.41, 5.74) is 2.51. The second kappa shape index (κ2) is 8.37. The Hall–Kier alpha value is -2.04. The first-order chi connectivity index (χ1) is 12.2. The van der Waals surface area contributed by atoms with Crippen LogP contribution in [-0.4, -0.2) is 23.4 Å². The van der Waals surface area contributed by atoms with Crippen molar-refractivity contribution in [2.24, 2.45) is 0 Å². The zero-order chi connectivity index (χ0) is 17.6. The fourth-order valence-electron chi connectivity index (χ4n) is 3.38. The number of fused-ring (bicyclic) bond motifs is 1. The Morgan fingerprint density at radius 2 is 2.00 bits per heavy atom. The number of allylic oxidation sites excluding steroid dienone is 2. The number of phenols is 1. The molecule has 0 aromatic heterocycles. The van der Waals surface area contributed by atoms with Crippen LogP contribution in [0.5, 0.6) is 5.75 Å². The Labute approximate surface area is 149 Å². The molecule has 3 rings (SSSR count). The molecule has 4 heteroatoms. The van der Waals surface area contributed by atoms with E-state index in [-0.39, 0.29) is 6.10 Å². The van der Waals surface area contributed by atoms with Crippen LogP contribution in [0.1, 0.15) is 38.2 Å². The molecular weight excluding hydrogens is 311 g/mol. The predicted octanol–water partition coefficient (Wildman–Crippen LogP) is 4.94. The first kappa shape index (κ1) is 17.8. The Morgan fingerprint density at radius 3 is 2.76 bits per heavy atom. The van der Waals surface area contributed by atoms with Gasteiger partial charge in [-0.25, -0.2) is 0 Å². The van der Waals surface area contributed by atoms with Crippen LogP contribution >= 0.6 is 0 Å². The van der Waals surface area contributed by atoms with Crippen LogP contribution in [0.15, 0.2) is 54.1 Å². The van der Waals surface area contributed by atoms with Crippen molar-refractivity contribution in [2.75, 3.05) is 0 Å². The molecule has 2 aromatic carbocycles. The average molecular weight is 336 g/mol. The van der Waals surface area contributed by atoms with Gasteiger partial charge in [0.05, 0.1) is 6.10 Å². The van der Waals surface area contributed by atoms with E-state index in [1.54, 1.807) is 6.07 Å². The van der Waals surface area contributed by atoms with Gasteiger partial charge in [-0.05, 0) is 36.3 Å². The summed E-state index contributed by atoms with van der Waals surface area (Å²) in [5, 5.41) is 21.6. The van der Waals surface area contributed by atoms with Gasteiger partial charge in [0.15, 0.2) is 0 Å². The van der Waals surface area contributed by atoms with Crippen molar-refractivity contribution in [3.8, 4) is 5.75 Å². The minimum atomic E-state index is -0.672. The summed E-state index contributed by atoms with van der Waals surface area (Å²) < 4.78 is 5.56. The van der Waals surface area contributed by atoms with E-state index in [1.165, 1.54) is 5.57 Å². The SMILES string of the molecule is CCC/C(=C\c1ccc(O)c2ccccc12)CC[C@@H]1C=CCB(O)O1. The quantitative estimate of drug-likeness (QED) is 0.580. The number of phenolic OH excluding ortho intramolecular Hbond substituents is 1. The molecule has 0 bridgehead atoms. The molecule has 0 aliphatic carbocycles. The molecule has 0 saturated heterocycles. The summed E-state index contributed by atoms with van der Waals surface area (Å²) >= 11 is 0. The van der Waals surface area contributed by atoms with Crippen LogP contribution < -0.4 is 0 Å². The van der Waals surface area contributed by atoms with Crippen molar-refractivity contribution >= 4 is 24.0 Å². The summed E-state index contributed by atoms with van der Waals surface area (Å²) in [6, 6.07) is 11.7. The lowest BCUT2D eigenvalue weighted by Gasteiger charge is -2.20. The molecule has 3 nitrogen and oxygen atoms in total. The second-order valence-corrected chi connectivity index (χ2v) is 6.60. The van der Waals surface area contributed by atoms with E-state index >= 15 is 0 Å². The summed E-state index contributed by atoms with van der Waals surface area (Å²) in [5.74, 6) is 0.319. The van der Waals surface area contributed by atoms with Gasteiger partial charge in [-0.3, -0.25) is 0 Å². The van der Waals surface area contributed by atoms with Gasteiger partial charge in [0.25, 0.3) is 0 Å². The number of hydrogen-bond acceptors (Lipinski definition) is 3.